The summed E-state index contributed by atoms with van der Waals surface area (Å²) in [4.78, 5) is 15.4. The summed E-state index contributed by atoms with van der Waals surface area (Å²) in [6, 6.07) is 10.7. The Morgan fingerprint density at radius 1 is 1.03 bits per heavy atom. The van der Waals surface area contributed by atoms with Gasteiger partial charge < -0.3 is 9.47 Å². The second kappa shape index (κ2) is 9.82. The van der Waals surface area contributed by atoms with E-state index in [1.807, 2.05) is 12.1 Å². The Labute approximate surface area is 173 Å². The van der Waals surface area contributed by atoms with Crippen LogP contribution in [0, 0.1) is 17.0 Å². The number of hydrogen-bond donors (Lipinski definition) is 0. The number of piperazine rings is 1. The zero-order valence-electron chi connectivity index (χ0n) is 17.0. The summed E-state index contributed by atoms with van der Waals surface area (Å²) in [5.74, 6) is -0.292. The molecule has 0 spiro atoms. The lowest BCUT2D eigenvalue weighted by molar-refractivity contribution is -0.385. The molecule has 1 aliphatic heterocycles. The Morgan fingerprint density at radius 2 is 1.63 bits per heavy atom. The van der Waals surface area contributed by atoms with Crippen molar-refractivity contribution >= 4 is 5.69 Å². The molecule has 0 aliphatic carbocycles. The number of ether oxygens (including phenoxy) is 2. The second-order valence-electron chi connectivity index (χ2n) is 7.25. The Balaban J connectivity index is 1.68. The fraction of sp³-hybridized carbons (Fsp3) is 0.429. The van der Waals surface area contributed by atoms with E-state index in [2.05, 4.69) is 33.6 Å². The number of nitro benzene ring substituents is 1. The van der Waals surface area contributed by atoms with Crippen molar-refractivity contribution in [3.05, 3.63) is 63.2 Å². The summed E-state index contributed by atoms with van der Waals surface area (Å²) in [7, 11) is 1.31. The van der Waals surface area contributed by atoms with Crippen LogP contribution in [0.1, 0.15) is 16.7 Å². The Morgan fingerprint density at radius 3 is 2.17 bits per heavy atom. The lowest BCUT2D eigenvalue weighted by atomic mass is 10.1. The van der Waals surface area contributed by atoms with E-state index in [1.54, 1.807) is 0 Å². The van der Waals surface area contributed by atoms with Crippen LogP contribution >= 0.6 is 0 Å². The van der Waals surface area contributed by atoms with Gasteiger partial charge in [-0.3, -0.25) is 19.9 Å². The normalized spacial score (nSPS) is 15.4. The van der Waals surface area contributed by atoms with Gasteiger partial charge >= 0.3 is 6.61 Å². The van der Waals surface area contributed by atoms with Crippen molar-refractivity contribution in [2.75, 3.05) is 33.3 Å². The molecule has 162 valence electrons. The van der Waals surface area contributed by atoms with Crippen LogP contribution < -0.4 is 9.47 Å². The summed E-state index contributed by atoms with van der Waals surface area (Å²) in [6.45, 7) is 3.39. The van der Waals surface area contributed by atoms with Crippen LogP contribution in [-0.2, 0) is 13.1 Å². The summed E-state index contributed by atoms with van der Waals surface area (Å²) >= 11 is 0. The molecule has 0 radical (unpaired) electrons. The van der Waals surface area contributed by atoms with Crippen LogP contribution in [0.25, 0.3) is 0 Å². The Kier molecular flexibility index (Phi) is 7.17. The molecule has 2 aromatic carbocycles. The van der Waals surface area contributed by atoms with Gasteiger partial charge in [0.2, 0.25) is 0 Å². The molecular weight excluding hydrogens is 396 g/mol. The number of nitrogens with zero attached hydrogens (tertiary/aromatic N) is 3. The standard InChI is InChI=1S/C21H25F2N3O4/c1-15-5-3-4-6-16(15)13-24-7-9-25(10-8-24)14-17-11-19(29-2)20(30-21(22)23)12-18(17)26(27)28/h3-6,11-12,21H,7-10,13-14H2,1-2H3. The van der Waals surface area contributed by atoms with Gasteiger partial charge in [-0.25, -0.2) is 0 Å². The molecule has 9 heteroatoms. The van der Waals surface area contributed by atoms with E-state index in [4.69, 9.17) is 4.74 Å². The first-order chi connectivity index (χ1) is 14.4. The molecule has 0 unspecified atom stereocenters. The number of alkyl halides is 2. The average Bonchev–Trinajstić information content (AvgIpc) is 2.71. The van der Waals surface area contributed by atoms with Gasteiger partial charge in [0.15, 0.2) is 11.5 Å². The molecule has 0 bridgehead atoms. The van der Waals surface area contributed by atoms with Crippen molar-refractivity contribution in [3.8, 4) is 11.5 Å². The molecule has 1 fully saturated rings. The van der Waals surface area contributed by atoms with Gasteiger partial charge in [-0.15, -0.1) is 0 Å². The molecule has 1 aliphatic rings. The fourth-order valence-corrected chi connectivity index (χ4v) is 3.61. The minimum Gasteiger partial charge on any atom is -0.493 e. The SMILES string of the molecule is COc1cc(CN2CCN(Cc3ccccc3C)CC2)c([N+](=O)[O-])cc1OC(F)F. The predicted octanol–water partition coefficient (Wildman–Crippen LogP) is 3.83. The van der Waals surface area contributed by atoms with E-state index in [-0.39, 0.29) is 17.2 Å². The molecule has 0 amide bonds. The summed E-state index contributed by atoms with van der Waals surface area (Å²) in [6.07, 6.45) is 0. The lowest BCUT2D eigenvalue weighted by Gasteiger charge is -2.35. The maximum absolute atomic E-state index is 12.6. The molecule has 0 saturated carbocycles. The van der Waals surface area contributed by atoms with E-state index in [9.17, 15) is 18.9 Å². The summed E-state index contributed by atoms with van der Waals surface area (Å²) < 4.78 is 34.7. The molecule has 0 aromatic heterocycles. The van der Waals surface area contributed by atoms with Gasteiger partial charge in [-0.1, -0.05) is 24.3 Å². The maximum atomic E-state index is 12.6. The van der Waals surface area contributed by atoms with Crippen LogP contribution in [0.15, 0.2) is 36.4 Å². The predicted molar refractivity (Wildman–Crippen MR) is 108 cm³/mol. The largest absolute Gasteiger partial charge is 0.493 e. The van der Waals surface area contributed by atoms with Crippen molar-refractivity contribution < 1.29 is 23.2 Å². The number of hydrogen-bond acceptors (Lipinski definition) is 6. The first kappa shape index (κ1) is 21.9. The highest BCUT2D eigenvalue weighted by molar-refractivity contribution is 5.54. The maximum Gasteiger partial charge on any atom is 0.387 e. The minimum atomic E-state index is -3.09. The quantitative estimate of drug-likeness (QED) is 0.477. The fourth-order valence-electron chi connectivity index (χ4n) is 3.61. The van der Waals surface area contributed by atoms with E-state index in [0.717, 1.165) is 38.8 Å². The highest BCUT2D eigenvalue weighted by atomic mass is 19.3. The van der Waals surface area contributed by atoms with E-state index in [0.29, 0.717) is 12.1 Å². The monoisotopic (exact) mass is 421 g/mol. The first-order valence-corrected chi connectivity index (χ1v) is 9.66. The molecule has 0 N–H and O–H groups in total. The number of benzene rings is 2. The third-order valence-electron chi connectivity index (χ3n) is 5.29. The number of nitro groups is 1. The number of halogens is 2. The number of aryl methyl sites for hydroxylation is 1. The molecule has 1 saturated heterocycles. The van der Waals surface area contributed by atoms with E-state index >= 15 is 0 Å². The summed E-state index contributed by atoms with van der Waals surface area (Å²) in [5.41, 5.74) is 2.70. The molecule has 3 rings (SSSR count). The van der Waals surface area contributed by atoms with Crippen LogP contribution in [-0.4, -0.2) is 54.6 Å². The molecule has 0 atom stereocenters. The van der Waals surface area contributed by atoms with Crippen LogP contribution in [0.2, 0.25) is 0 Å². The topological polar surface area (TPSA) is 68.1 Å². The van der Waals surface area contributed by atoms with Gasteiger partial charge in [-0.2, -0.15) is 8.78 Å². The van der Waals surface area contributed by atoms with Crippen molar-refractivity contribution in [2.45, 2.75) is 26.6 Å². The van der Waals surface area contributed by atoms with Gasteiger partial charge in [0.05, 0.1) is 18.1 Å². The zero-order valence-corrected chi connectivity index (χ0v) is 17.0. The van der Waals surface area contributed by atoms with Crippen molar-refractivity contribution in [1.29, 1.82) is 0 Å². The van der Waals surface area contributed by atoms with Gasteiger partial charge in [0.1, 0.15) is 0 Å². The first-order valence-electron chi connectivity index (χ1n) is 9.66. The lowest BCUT2D eigenvalue weighted by Crippen LogP contribution is -2.45. The highest BCUT2D eigenvalue weighted by Crippen LogP contribution is 2.36. The van der Waals surface area contributed by atoms with E-state index < -0.39 is 11.5 Å². The van der Waals surface area contributed by atoms with Gasteiger partial charge in [0.25, 0.3) is 5.69 Å². The van der Waals surface area contributed by atoms with Crippen molar-refractivity contribution in [2.24, 2.45) is 0 Å². The molecule has 7 nitrogen and oxygen atoms in total. The smallest absolute Gasteiger partial charge is 0.387 e. The van der Waals surface area contributed by atoms with Crippen molar-refractivity contribution in [1.82, 2.24) is 9.80 Å². The Hall–Kier alpha value is -2.78. The van der Waals surface area contributed by atoms with Gasteiger partial charge in [0, 0.05) is 44.8 Å². The average molecular weight is 421 g/mol. The second-order valence-corrected chi connectivity index (χ2v) is 7.25. The molecule has 1 heterocycles. The molecular formula is C21H25F2N3O4. The van der Waals surface area contributed by atoms with Crippen LogP contribution in [0.3, 0.4) is 0 Å². The minimum absolute atomic E-state index is 0.0501. The van der Waals surface area contributed by atoms with Gasteiger partial charge in [-0.05, 0) is 24.1 Å². The third kappa shape index (κ3) is 5.43. The van der Waals surface area contributed by atoms with Crippen molar-refractivity contribution in [3.63, 3.8) is 0 Å². The number of methoxy groups -OCH3 is 1. The molecule has 2 aromatic rings. The zero-order chi connectivity index (χ0) is 21.7. The summed E-state index contributed by atoms with van der Waals surface area (Å²) in [5, 5.41) is 11.5. The van der Waals surface area contributed by atoms with Crippen LogP contribution in [0.5, 0.6) is 11.5 Å². The van der Waals surface area contributed by atoms with E-state index in [1.165, 1.54) is 24.3 Å². The highest BCUT2D eigenvalue weighted by Gasteiger charge is 2.25. The van der Waals surface area contributed by atoms with Crippen LogP contribution in [0.4, 0.5) is 14.5 Å². The third-order valence-corrected chi connectivity index (χ3v) is 5.29. The Bertz CT molecular complexity index is 887. The number of rotatable bonds is 8. The molecule has 30 heavy (non-hydrogen) atoms.